The number of rotatable bonds is 3. The molecule has 1 heterocycles. The molecule has 16 heavy (non-hydrogen) atoms. The molecule has 1 saturated carbocycles. The molecule has 3 atom stereocenters. The topological polar surface area (TPSA) is 17.0 Å². The standard InChI is InChI=1S/C14H24N2/c1-11-6-7-13(9-12(11)2)15-10-14-5-4-8-16(14)3/h4-5,8,11-13,15H,6-7,9-10H2,1-3H3. The third kappa shape index (κ3) is 2.67. The zero-order valence-corrected chi connectivity index (χ0v) is 10.7. The second-order valence-electron chi connectivity index (χ2n) is 5.46. The Morgan fingerprint density at radius 3 is 2.75 bits per heavy atom. The van der Waals surface area contributed by atoms with Crippen molar-refractivity contribution in [1.82, 2.24) is 9.88 Å². The van der Waals surface area contributed by atoms with Crippen LogP contribution in [0.25, 0.3) is 0 Å². The lowest BCUT2D eigenvalue weighted by molar-refractivity contribution is 0.225. The Morgan fingerprint density at radius 2 is 2.12 bits per heavy atom. The van der Waals surface area contributed by atoms with Gasteiger partial charge in [-0.2, -0.15) is 0 Å². The summed E-state index contributed by atoms with van der Waals surface area (Å²) in [5.74, 6) is 1.78. The quantitative estimate of drug-likeness (QED) is 0.828. The fourth-order valence-corrected chi connectivity index (χ4v) is 2.66. The van der Waals surface area contributed by atoms with Crippen molar-refractivity contribution in [1.29, 1.82) is 0 Å². The minimum Gasteiger partial charge on any atom is -0.353 e. The van der Waals surface area contributed by atoms with Gasteiger partial charge in [0.05, 0.1) is 0 Å². The molecule has 0 saturated heterocycles. The summed E-state index contributed by atoms with van der Waals surface area (Å²) in [4.78, 5) is 0. The summed E-state index contributed by atoms with van der Waals surface area (Å²) < 4.78 is 2.20. The number of hydrogen-bond donors (Lipinski definition) is 1. The maximum Gasteiger partial charge on any atom is 0.0361 e. The Balaban J connectivity index is 1.81. The van der Waals surface area contributed by atoms with Crippen molar-refractivity contribution < 1.29 is 0 Å². The predicted octanol–water partition coefficient (Wildman–Crippen LogP) is 2.94. The van der Waals surface area contributed by atoms with Gasteiger partial charge in [-0.25, -0.2) is 0 Å². The molecule has 0 aromatic carbocycles. The van der Waals surface area contributed by atoms with E-state index in [-0.39, 0.29) is 0 Å². The van der Waals surface area contributed by atoms with E-state index < -0.39 is 0 Å². The first-order valence-corrected chi connectivity index (χ1v) is 6.50. The summed E-state index contributed by atoms with van der Waals surface area (Å²) in [5, 5.41) is 3.69. The van der Waals surface area contributed by atoms with Gasteiger partial charge in [-0.05, 0) is 43.2 Å². The van der Waals surface area contributed by atoms with E-state index in [1.807, 2.05) is 0 Å². The molecule has 1 fully saturated rings. The minimum absolute atomic E-state index is 0.723. The van der Waals surface area contributed by atoms with Crippen molar-refractivity contribution in [3.63, 3.8) is 0 Å². The van der Waals surface area contributed by atoms with E-state index in [9.17, 15) is 0 Å². The normalized spacial score (nSPS) is 30.6. The number of nitrogens with one attached hydrogen (secondary N) is 1. The van der Waals surface area contributed by atoms with Gasteiger partial charge in [0.15, 0.2) is 0 Å². The van der Waals surface area contributed by atoms with Crippen LogP contribution in [0.15, 0.2) is 18.3 Å². The Bertz CT molecular complexity index is 329. The fourth-order valence-electron chi connectivity index (χ4n) is 2.66. The molecule has 2 rings (SSSR count). The van der Waals surface area contributed by atoms with Crippen molar-refractivity contribution >= 4 is 0 Å². The van der Waals surface area contributed by atoms with Gasteiger partial charge >= 0.3 is 0 Å². The highest BCUT2D eigenvalue weighted by Gasteiger charge is 2.23. The first-order valence-electron chi connectivity index (χ1n) is 6.50. The molecule has 1 aromatic heterocycles. The van der Waals surface area contributed by atoms with Gasteiger partial charge in [-0.3, -0.25) is 0 Å². The first-order chi connectivity index (χ1) is 7.66. The van der Waals surface area contributed by atoms with Gasteiger partial charge < -0.3 is 9.88 Å². The molecule has 0 spiro atoms. The zero-order valence-electron chi connectivity index (χ0n) is 10.7. The highest BCUT2D eigenvalue weighted by Crippen LogP contribution is 2.29. The lowest BCUT2D eigenvalue weighted by Crippen LogP contribution is -2.36. The third-order valence-corrected chi connectivity index (χ3v) is 4.22. The van der Waals surface area contributed by atoms with Gasteiger partial charge in [0.25, 0.3) is 0 Å². The van der Waals surface area contributed by atoms with Crippen LogP contribution < -0.4 is 5.32 Å². The van der Waals surface area contributed by atoms with E-state index in [0.29, 0.717) is 0 Å². The van der Waals surface area contributed by atoms with Gasteiger partial charge in [0.1, 0.15) is 0 Å². The number of hydrogen-bond acceptors (Lipinski definition) is 1. The summed E-state index contributed by atoms with van der Waals surface area (Å²) in [5.41, 5.74) is 1.38. The van der Waals surface area contributed by atoms with E-state index >= 15 is 0 Å². The predicted molar refractivity (Wildman–Crippen MR) is 68.2 cm³/mol. The van der Waals surface area contributed by atoms with Gasteiger partial charge in [0, 0.05) is 31.5 Å². The van der Waals surface area contributed by atoms with E-state index in [2.05, 4.69) is 49.1 Å². The zero-order chi connectivity index (χ0) is 11.5. The Hall–Kier alpha value is -0.760. The van der Waals surface area contributed by atoms with Gasteiger partial charge in [0.2, 0.25) is 0 Å². The molecule has 2 nitrogen and oxygen atoms in total. The van der Waals surface area contributed by atoms with E-state index in [1.165, 1.54) is 25.0 Å². The summed E-state index contributed by atoms with van der Waals surface area (Å²) in [6.45, 7) is 5.79. The summed E-state index contributed by atoms with van der Waals surface area (Å²) in [6.07, 6.45) is 6.18. The summed E-state index contributed by atoms with van der Waals surface area (Å²) in [7, 11) is 2.11. The van der Waals surface area contributed by atoms with Crippen LogP contribution in [0, 0.1) is 11.8 Å². The molecule has 90 valence electrons. The van der Waals surface area contributed by atoms with Crippen LogP contribution in [0.1, 0.15) is 38.8 Å². The molecule has 0 bridgehead atoms. The molecule has 1 N–H and O–H groups in total. The molecule has 1 aliphatic carbocycles. The van der Waals surface area contributed by atoms with Crippen molar-refractivity contribution in [3.05, 3.63) is 24.0 Å². The molecule has 0 amide bonds. The maximum atomic E-state index is 3.69. The van der Waals surface area contributed by atoms with Crippen LogP contribution >= 0.6 is 0 Å². The smallest absolute Gasteiger partial charge is 0.0361 e. The second kappa shape index (κ2) is 5.05. The number of nitrogens with zero attached hydrogens (tertiary/aromatic N) is 1. The van der Waals surface area contributed by atoms with Gasteiger partial charge in [-0.1, -0.05) is 13.8 Å². The fraction of sp³-hybridized carbons (Fsp3) is 0.714. The first kappa shape index (κ1) is 11.7. The average Bonchev–Trinajstić information content (AvgIpc) is 2.66. The Morgan fingerprint density at radius 1 is 1.31 bits per heavy atom. The van der Waals surface area contributed by atoms with E-state index in [4.69, 9.17) is 0 Å². The lowest BCUT2D eigenvalue weighted by Gasteiger charge is -2.32. The SMILES string of the molecule is CC1CCC(NCc2cccn2C)CC1C. The van der Waals surface area contributed by atoms with Crippen LogP contribution in [-0.2, 0) is 13.6 Å². The molecule has 3 unspecified atom stereocenters. The second-order valence-corrected chi connectivity index (χ2v) is 5.46. The highest BCUT2D eigenvalue weighted by atomic mass is 15.0. The molecule has 1 aliphatic rings. The van der Waals surface area contributed by atoms with Gasteiger partial charge in [-0.15, -0.1) is 0 Å². The van der Waals surface area contributed by atoms with E-state index in [1.54, 1.807) is 0 Å². The Kier molecular flexibility index (Phi) is 3.70. The molecular formula is C14H24N2. The van der Waals surface area contributed by atoms with Crippen LogP contribution in [0.4, 0.5) is 0 Å². The van der Waals surface area contributed by atoms with Crippen LogP contribution in [0.2, 0.25) is 0 Å². The molecule has 2 heteroatoms. The monoisotopic (exact) mass is 220 g/mol. The number of aryl methyl sites for hydroxylation is 1. The molecule has 0 aliphatic heterocycles. The van der Waals surface area contributed by atoms with Crippen LogP contribution in [0.5, 0.6) is 0 Å². The lowest BCUT2D eigenvalue weighted by atomic mass is 9.79. The molecule has 1 aromatic rings. The highest BCUT2D eigenvalue weighted by molar-refractivity contribution is 5.06. The molecular weight excluding hydrogens is 196 g/mol. The largest absolute Gasteiger partial charge is 0.353 e. The van der Waals surface area contributed by atoms with Crippen molar-refractivity contribution in [2.45, 2.75) is 45.7 Å². The summed E-state index contributed by atoms with van der Waals surface area (Å²) in [6, 6.07) is 5.03. The third-order valence-electron chi connectivity index (χ3n) is 4.22. The average molecular weight is 220 g/mol. The molecule has 0 radical (unpaired) electrons. The minimum atomic E-state index is 0.723. The van der Waals surface area contributed by atoms with Crippen molar-refractivity contribution in [2.75, 3.05) is 0 Å². The maximum absolute atomic E-state index is 3.69. The van der Waals surface area contributed by atoms with Crippen LogP contribution in [-0.4, -0.2) is 10.6 Å². The van der Waals surface area contributed by atoms with Crippen molar-refractivity contribution in [3.8, 4) is 0 Å². The summed E-state index contributed by atoms with van der Waals surface area (Å²) >= 11 is 0. The number of aromatic nitrogens is 1. The van der Waals surface area contributed by atoms with Crippen LogP contribution in [0.3, 0.4) is 0 Å². The van der Waals surface area contributed by atoms with E-state index in [0.717, 1.165) is 24.4 Å². The Labute approximate surface area is 99.0 Å². The van der Waals surface area contributed by atoms with Crippen molar-refractivity contribution in [2.24, 2.45) is 18.9 Å².